The Morgan fingerprint density at radius 2 is 2.06 bits per heavy atom. The second kappa shape index (κ2) is 8.81. The van der Waals surface area contributed by atoms with E-state index in [0.717, 1.165) is 10.2 Å². The van der Waals surface area contributed by atoms with Crippen molar-refractivity contribution in [2.75, 3.05) is 5.75 Å². The molecule has 3 aromatic rings. The number of amidine groups is 1. The third kappa shape index (κ3) is 3.90. The van der Waals surface area contributed by atoms with Crippen LogP contribution in [-0.4, -0.2) is 31.6 Å². The van der Waals surface area contributed by atoms with Crippen LogP contribution in [0, 0.1) is 6.92 Å². The topological polar surface area (TPSA) is 74.9 Å². The van der Waals surface area contributed by atoms with Gasteiger partial charge < -0.3 is 0 Å². The molecule has 0 bridgehead atoms. The van der Waals surface area contributed by atoms with Gasteiger partial charge in [-0.1, -0.05) is 63.6 Å². The van der Waals surface area contributed by atoms with E-state index in [1.165, 1.54) is 11.8 Å². The average Bonchev–Trinajstić information content (AvgIpc) is 3.11. The molecular weight excluding hydrogens is 524 g/mol. The molecule has 166 valence electrons. The Hall–Kier alpha value is -2.88. The highest BCUT2D eigenvalue weighted by molar-refractivity contribution is 9.10. The van der Waals surface area contributed by atoms with Crippen molar-refractivity contribution < 1.29 is 4.79 Å². The van der Waals surface area contributed by atoms with Crippen LogP contribution >= 0.6 is 39.3 Å². The van der Waals surface area contributed by atoms with Crippen molar-refractivity contribution in [2.24, 2.45) is 10.1 Å². The van der Waals surface area contributed by atoms with Crippen LogP contribution < -0.4 is 15.9 Å². The van der Waals surface area contributed by atoms with Gasteiger partial charge in [-0.05, 0) is 37.3 Å². The first-order valence-electron chi connectivity index (χ1n) is 10.1. The lowest BCUT2D eigenvalue weighted by Crippen LogP contribution is -2.50. The summed E-state index contributed by atoms with van der Waals surface area (Å²) in [6.45, 7) is 5.63. The molecule has 1 aromatic heterocycles. The number of para-hydroxylation sites is 1. The van der Waals surface area contributed by atoms with Crippen LogP contribution in [0.3, 0.4) is 0 Å². The number of carbonyl (C=O) groups is 1. The molecule has 0 saturated heterocycles. The minimum atomic E-state index is -0.649. The van der Waals surface area contributed by atoms with E-state index in [0.29, 0.717) is 43.6 Å². The quantitative estimate of drug-likeness (QED) is 0.512. The molecule has 10 heteroatoms. The molecule has 2 aromatic carbocycles. The zero-order valence-corrected chi connectivity index (χ0v) is 20.7. The molecule has 0 spiro atoms. The van der Waals surface area contributed by atoms with Crippen LogP contribution in [0.4, 0.5) is 0 Å². The smallest absolute Gasteiger partial charge is 0.276 e. The van der Waals surface area contributed by atoms with Gasteiger partial charge >= 0.3 is 0 Å². The van der Waals surface area contributed by atoms with Gasteiger partial charge in [0.1, 0.15) is 10.9 Å². The van der Waals surface area contributed by atoms with E-state index in [2.05, 4.69) is 32.9 Å². The van der Waals surface area contributed by atoms with Crippen LogP contribution in [0.5, 0.6) is 0 Å². The van der Waals surface area contributed by atoms with Crippen molar-refractivity contribution in [1.29, 1.82) is 0 Å². The summed E-state index contributed by atoms with van der Waals surface area (Å²) < 4.78 is 2.52. The van der Waals surface area contributed by atoms with Gasteiger partial charge in [0.25, 0.3) is 5.91 Å². The molecule has 0 saturated carbocycles. The highest BCUT2D eigenvalue weighted by Crippen LogP contribution is 2.37. The highest BCUT2D eigenvalue weighted by Gasteiger charge is 2.37. The molecule has 1 atom stereocenters. The molecule has 33 heavy (non-hydrogen) atoms. The molecule has 1 amide bonds. The maximum Gasteiger partial charge on any atom is 0.276 e. The summed E-state index contributed by atoms with van der Waals surface area (Å²) in [4.78, 5) is 18.2. The largest absolute Gasteiger partial charge is 0.298 e. The predicted octanol–water partition coefficient (Wildman–Crippen LogP) is 3.66. The van der Waals surface area contributed by atoms with Gasteiger partial charge in [-0.15, -0.1) is 11.7 Å². The Morgan fingerprint density at radius 1 is 1.27 bits per heavy atom. The number of halogens is 2. The van der Waals surface area contributed by atoms with Crippen molar-refractivity contribution in [3.63, 3.8) is 0 Å². The number of nitrogens with zero attached hydrogens (tertiary/aromatic N) is 5. The van der Waals surface area contributed by atoms with E-state index in [4.69, 9.17) is 21.7 Å². The fraction of sp³-hybridized carbons (Fsp3) is 0.130. The first-order chi connectivity index (χ1) is 16.0. The van der Waals surface area contributed by atoms with Gasteiger partial charge in [0.15, 0.2) is 11.3 Å². The number of carbonyl (C=O) groups excluding carboxylic acids is 1. The molecule has 5 rings (SSSR count). The fourth-order valence-electron chi connectivity index (χ4n) is 3.79. The molecule has 0 fully saturated rings. The SMILES string of the molecule is C=CCSC1=NN2C(=c3cc(Br)ccc3=N[C@@H]2c2c(C)nn(-c3ccccc3)c2Cl)C(=O)N1. The Kier molecular flexibility index (Phi) is 5.86. The lowest BCUT2D eigenvalue weighted by Gasteiger charge is -2.34. The lowest BCUT2D eigenvalue weighted by atomic mass is 10.1. The van der Waals surface area contributed by atoms with E-state index < -0.39 is 6.17 Å². The summed E-state index contributed by atoms with van der Waals surface area (Å²) in [6.07, 6.45) is 1.11. The van der Waals surface area contributed by atoms with Crippen molar-refractivity contribution in [1.82, 2.24) is 20.1 Å². The van der Waals surface area contributed by atoms with Gasteiger partial charge in [0, 0.05) is 15.4 Å². The fourth-order valence-corrected chi connectivity index (χ4v) is 5.10. The highest BCUT2D eigenvalue weighted by atomic mass is 79.9. The summed E-state index contributed by atoms with van der Waals surface area (Å²) in [6, 6.07) is 15.3. The van der Waals surface area contributed by atoms with Crippen molar-refractivity contribution >= 4 is 56.1 Å². The molecule has 1 N–H and O–H groups in total. The van der Waals surface area contributed by atoms with Gasteiger partial charge in [-0.2, -0.15) is 5.10 Å². The number of amides is 1. The number of benzene rings is 2. The van der Waals surface area contributed by atoms with Gasteiger partial charge in [-0.25, -0.2) is 9.69 Å². The summed E-state index contributed by atoms with van der Waals surface area (Å²) >= 11 is 11.8. The van der Waals surface area contributed by atoms with Crippen molar-refractivity contribution in [3.05, 3.63) is 92.6 Å². The number of hydrogen-bond donors (Lipinski definition) is 1. The van der Waals surface area contributed by atoms with Gasteiger partial charge in [0.05, 0.1) is 22.3 Å². The number of aromatic nitrogens is 2. The molecule has 0 aliphatic carbocycles. The Bertz CT molecular complexity index is 1440. The standard InChI is InChI=1S/C23H18BrClN6OS/c1-3-11-33-23-27-22(32)19-16-12-14(24)9-10-17(16)26-21(31(19)29-23)18-13(2)28-30(20(18)25)15-7-5-4-6-8-15/h3-10,12,21H,1,11H2,2H3,(H,27,29,32)/t21-/m0/s1. The maximum absolute atomic E-state index is 13.2. The number of aryl methyl sites for hydroxylation is 1. The third-order valence-corrected chi connectivity index (χ3v) is 6.93. The molecule has 0 unspecified atom stereocenters. The molecule has 3 heterocycles. The molecule has 2 aliphatic heterocycles. The first-order valence-corrected chi connectivity index (χ1v) is 12.2. The molecule has 0 radical (unpaired) electrons. The van der Waals surface area contributed by atoms with E-state index in [1.807, 2.05) is 55.5 Å². The predicted molar refractivity (Wildman–Crippen MR) is 134 cm³/mol. The van der Waals surface area contributed by atoms with Crippen LogP contribution in [0.2, 0.25) is 5.15 Å². The minimum absolute atomic E-state index is 0.250. The van der Waals surface area contributed by atoms with E-state index in [1.54, 1.807) is 15.8 Å². The minimum Gasteiger partial charge on any atom is -0.298 e. The van der Waals surface area contributed by atoms with E-state index >= 15 is 0 Å². The first kappa shape index (κ1) is 21.9. The number of hydrogen-bond acceptors (Lipinski definition) is 6. The molecule has 2 aliphatic rings. The zero-order valence-electron chi connectivity index (χ0n) is 17.5. The maximum atomic E-state index is 13.2. The number of hydrazone groups is 1. The Balaban J connectivity index is 1.73. The second-order valence-corrected chi connectivity index (χ2v) is 9.64. The number of nitrogens with one attached hydrogen (secondary N) is 1. The van der Waals surface area contributed by atoms with Crippen molar-refractivity contribution in [3.8, 4) is 5.69 Å². The monoisotopic (exact) mass is 540 g/mol. The molecule has 7 nitrogen and oxygen atoms in total. The number of fused-ring (bicyclic) bond motifs is 2. The normalized spacial score (nSPS) is 17.0. The molecular formula is C23H18BrClN6OS. The number of rotatable bonds is 4. The Labute approximate surface area is 207 Å². The third-order valence-electron chi connectivity index (χ3n) is 5.21. The summed E-state index contributed by atoms with van der Waals surface area (Å²) in [7, 11) is 0. The lowest BCUT2D eigenvalue weighted by molar-refractivity contribution is -0.116. The second-order valence-electron chi connectivity index (χ2n) is 7.35. The van der Waals surface area contributed by atoms with Crippen LogP contribution in [-0.2, 0) is 4.79 Å². The van der Waals surface area contributed by atoms with Gasteiger partial charge in [-0.3, -0.25) is 15.1 Å². The summed E-state index contributed by atoms with van der Waals surface area (Å²) in [5, 5.41) is 16.2. The van der Waals surface area contributed by atoms with Gasteiger partial charge in [0.2, 0.25) is 0 Å². The van der Waals surface area contributed by atoms with E-state index in [9.17, 15) is 4.79 Å². The summed E-state index contributed by atoms with van der Waals surface area (Å²) in [5.74, 6) is 0.359. The average molecular weight is 542 g/mol. The van der Waals surface area contributed by atoms with Crippen LogP contribution in [0.15, 0.2) is 75.8 Å². The summed E-state index contributed by atoms with van der Waals surface area (Å²) in [5.41, 5.74) is 2.65. The number of thioether (sulfide) groups is 1. The Morgan fingerprint density at radius 3 is 2.82 bits per heavy atom. The van der Waals surface area contributed by atoms with E-state index in [-0.39, 0.29) is 5.91 Å². The van der Waals surface area contributed by atoms with Crippen LogP contribution in [0.25, 0.3) is 11.4 Å². The van der Waals surface area contributed by atoms with Crippen molar-refractivity contribution in [2.45, 2.75) is 13.1 Å². The zero-order chi connectivity index (χ0) is 23.1. The van der Waals surface area contributed by atoms with Crippen LogP contribution in [0.1, 0.15) is 17.4 Å².